The van der Waals surface area contributed by atoms with Crippen LogP contribution in [0, 0.1) is 5.92 Å². The van der Waals surface area contributed by atoms with Crippen molar-refractivity contribution < 1.29 is 14.6 Å². The van der Waals surface area contributed by atoms with Gasteiger partial charge in [-0.25, -0.2) is 0 Å². The Morgan fingerprint density at radius 3 is 2.58 bits per heavy atom. The van der Waals surface area contributed by atoms with Crippen molar-refractivity contribution in [1.29, 1.82) is 0 Å². The highest BCUT2D eigenvalue weighted by Crippen LogP contribution is 2.32. The first kappa shape index (κ1) is 16.7. The van der Waals surface area contributed by atoms with E-state index in [1.54, 1.807) is 6.07 Å². The van der Waals surface area contributed by atoms with Gasteiger partial charge in [-0.1, -0.05) is 25.8 Å². The van der Waals surface area contributed by atoms with Crippen LogP contribution in [0.5, 0.6) is 0 Å². The largest absolute Gasteiger partial charge is 0.469 e. The Labute approximate surface area is 130 Å². The average Bonchev–Trinajstić information content (AvgIpc) is 2.41. The van der Waals surface area contributed by atoms with Crippen LogP contribution in [-0.4, -0.2) is 18.2 Å². The average molecular weight is 394 g/mol. The van der Waals surface area contributed by atoms with E-state index in [1.165, 1.54) is 7.11 Å². The summed E-state index contributed by atoms with van der Waals surface area (Å²) in [6, 6.07) is 5.47. The van der Waals surface area contributed by atoms with Crippen LogP contribution in [0.4, 0.5) is 0 Å². The summed E-state index contributed by atoms with van der Waals surface area (Å²) in [4.78, 5) is 11.8. The second kappa shape index (κ2) is 8.02. The van der Waals surface area contributed by atoms with Gasteiger partial charge in [0, 0.05) is 8.95 Å². The molecule has 1 aromatic carbocycles. The molecule has 1 aromatic rings. The third kappa shape index (κ3) is 4.58. The summed E-state index contributed by atoms with van der Waals surface area (Å²) < 4.78 is 6.55. The number of ether oxygens (including phenoxy) is 1. The lowest BCUT2D eigenvalue weighted by atomic mass is 9.91. The molecule has 0 bridgehead atoms. The molecule has 0 aliphatic carbocycles. The van der Waals surface area contributed by atoms with E-state index in [9.17, 15) is 9.90 Å². The minimum Gasteiger partial charge on any atom is -0.469 e. The predicted molar refractivity (Wildman–Crippen MR) is 81.8 cm³/mol. The molecule has 1 rings (SSSR count). The minimum absolute atomic E-state index is 0.361. The van der Waals surface area contributed by atoms with Crippen LogP contribution in [-0.2, 0) is 9.53 Å². The molecule has 1 N–H and O–H groups in total. The van der Waals surface area contributed by atoms with Crippen molar-refractivity contribution in [3.05, 3.63) is 32.7 Å². The number of hydrogen-bond acceptors (Lipinski definition) is 3. The van der Waals surface area contributed by atoms with Gasteiger partial charge in [0.2, 0.25) is 0 Å². The van der Waals surface area contributed by atoms with Crippen LogP contribution in [0.1, 0.15) is 37.9 Å². The fourth-order valence-electron chi connectivity index (χ4n) is 1.91. The van der Waals surface area contributed by atoms with Gasteiger partial charge in [-0.15, -0.1) is 0 Å². The van der Waals surface area contributed by atoms with E-state index in [4.69, 9.17) is 4.74 Å². The number of carbonyl (C=O) groups excluding carboxylic acids is 1. The highest BCUT2D eigenvalue weighted by Gasteiger charge is 2.28. The number of hydrogen-bond donors (Lipinski definition) is 1. The quantitative estimate of drug-likeness (QED) is 0.735. The summed E-state index contributed by atoms with van der Waals surface area (Å²) in [6.07, 6.45) is 1.64. The number of carbonyl (C=O) groups is 1. The number of esters is 1. The number of aliphatic hydroxyl groups excluding tert-OH is 1. The Morgan fingerprint density at radius 2 is 2.05 bits per heavy atom. The van der Waals surface area contributed by atoms with Gasteiger partial charge < -0.3 is 9.84 Å². The lowest BCUT2D eigenvalue weighted by Gasteiger charge is -2.21. The first-order chi connectivity index (χ1) is 9.01. The van der Waals surface area contributed by atoms with E-state index in [2.05, 4.69) is 38.8 Å². The molecule has 0 fully saturated rings. The molecule has 0 saturated carbocycles. The number of unbranched alkanes of at least 4 members (excludes halogenated alkanes) is 1. The summed E-state index contributed by atoms with van der Waals surface area (Å²) in [5.74, 6) is -0.877. The second-order valence-electron chi connectivity index (χ2n) is 4.39. The van der Waals surface area contributed by atoms with Crippen molar-refractivity contribution >= 4 is 37.8 Å². The smallest absolute Gasteiger partial charge is 0.311 e. The highest BCUT2D eigenvalue weighted by atomic mass is 79.9. The van der Waals surface area contributed by atoms with E-state index >= 15 is 0 Å². The number of methoxy groups -OCH3 is 1. The molecule has 0 heterocycles. The zero-order chi connectivity index (χ0) is 14.4. The Bertz CT molecular complexity index is 435. The van der Waals surface area contributed by atoms with Gasteiger partial charge in [-0.2, -0.15) is 0 Å². The lowest BCUT2D eigenvalue weighted by Crippen LogP contribution is -2.23. The first-order valence-electron chi connectivity index (χ1n) is 6.22. The molecule has 2 unspecified atom stereocenters. The third-order valence-corrected chi connectivity index (χ3v) is 4.92. The molecule has 0 saturated heterocycles. The van der Waals surface area contributed by atoms with Gasteiger partial charge in [-0.05, 0) is 56.0 Å². The molecule has 3 nitrogen and oxygen atoms in total. The number of aliphatic hydroxyl groups is 1. The molecule has 0 spiro atoms. The molecule has 0 aliphatic heterocycles. The Balaban J connectivity index is 2.93. The molecular formula is C14H18Br2O3. The maximum atomic E-state index is 11.8. The van der Waals surface area contributed by atoms with Crippen molar-refractivity contribution in [2.24, 2.45) is 5.92 Å². The van der Waals surface area contributed by atoms with Gasteiger partial charge in [0.1, 0.15) is 0 Å². The molecule has 0 aliphatic rings. The van der Waals surface area contributed by atoms with Crippen molar-refractivity contribution in [1.82, 2.24) is 0 Å². The summed E-state index contributed by atoms with van der Waals surface area (Å²) >= 11 is 6.78. The molecule has 106 valence electrons. The fraction of sp³-hybridized carbons (Fsp3) is 0.500. The summed E-state index contributed by atoms with van der Waals surface area (Å²) in [6.45, 7) is 2.05. The lowest BCUT2D eigenvalue weighted by molar-refractivity contribution is -0.150. The Hall–Kier alpha value is -0.390. The van der Waals surface area contributed by atoms with Gasteiger partial charge in [0.15, 0.2) is 0 Å². The van der Waals surface area contributed by atoms with Gasteiger partial charge in [0.05, 0.1) is 19.1 Å². The molecule has 5 heteroatoms. The number of halogens is 2. The molecule has 19 heavy (non-hydrogen) atoms. The van der Waals surface area contributed by atoms with Crippen LogP contribution < -0.4 is 0 Å². The molecule has 0 amide bonds. The van der Waals surface area contributed by atoms with E-state index < -0.39 is 12.0 Å². The second-order valence-corrected chi connectivity index (χ2v) is 6.10. The predicted octanol–water partition coefficient (Wildman–Crippen LogP) is 4.22. The van der Waals surface area contributed by atoms with Crippen LogP contribution in [0.15, 0.2) is 27.1 Å². The molecule has 0 radical (unpaired) electrons. The van der Waals surface area contributed by atoms with Gasteiger partial charge >= 0.3 is 5.97 Å². The van der Waals surface area contributed by atoms with Crippen molar-refractivity contribution in [2.75, 3.05) is 7.11 Å². The van der Waals surface area contributed by atoms with Crippen molar-refractivity contribution in [3.8, 4) is 0 Å². The van der Waals surface area contributed by atoms with Crippen LogP contribution >= 0.6 is 31.9 Å². The van der Waals surface area contributed by atoms with E-state index in [0.717, 1.165) is 21.8 Å². The zero-order valence-electron chi connectivity index (χ0n) is 11.0. The topological polar surface area (TPSA) is 46.5 Å². The SMILES string of the molecule is CCCCC(C(=O)OC)C(O)c1ccc(Br)c(Br)c1. The van der Waals surface area contributed by atoms with E-state index in [0.29, 0.717) is 12.0 Å². The minimum atomic E-state index is -0.844. The first-order valence-corrected chi connectivity index (χ1v) is 7.80. The molecular weight excluding hydrogens is 376 g/mol. The van der Waals surface area contributed by atoms with Crippen molar-refractivity contribution in [2.45, 2.75) is 32.3 Å². The third-order valence-electron chi connectivity index (χ3n) is 3.04. The maximum Gasteiger partial charge on any atom is 0.311 e. The van der Waals surface area contributed by atoms with Gasteiger partial charge in [-0.3, -0.25) is 4.79 Å². The summed E-state index contributed by atoms with van der Waals surface area (Å²) in [5, 5.41) is 10.4. The molecule has 0 aromatic heterocycles. The van der Waals surface area contributed by atoms with Crippen LogP contribution in [0.3, 0.4) is 0 Å². The standard InChI is InChI=1S/C14H18Br2O3/c1-3-4-5-10(14(18)19-2)13(17)9-6-7-11(15)12(16)8-9/h6-8,10,13,17H,3-5H2,1-2H3. The fourth-order valence-corrected chi connectivity index (χ4v) is 2.55. The summed E-state index contributed by atoms with van der Waals surface area (Å²) in [5.41, 5.74) is 0.710. The normalized spacial score (nSPS) is 13.9. The highest BCUT2D eigenvalue weighted by molar-refractivity contribution is 9.13. The monoisotopic (exact) mass is 392 g/mol. The van der Waals surface area contributed by atoms with Crippen molar-refractivity contribution in [3.63, 3.8) is 0 Å². The Morgan fingerprint density at radius 1 is 1.37 bits per heavy atom. The summed E-state index contributed by atoms with van der Waals surface area (Å²) in [7, 11) is 1.35. The van der Waals surface area contributed by atoms with E-state index in [-0.39, 0.29) is 5.97 Å². The molecule has 2 atom stereocenters. The zero-order valence-corrected chi connectivity index (χ0v) is 14.2. The Kier molecular flexibility index (Phi) is 7.04. The van der Waals surface area contributed by atoms with Gasteiger partial charge in [0.25, 0.3) is 0 Å². The maximum absolute atomic E-state index is 11.8. The number of benzene rings is 1. The van der Waals surface area contributed by atoms with Crippen LogP contribution in [0.2, 0.25) is 0 Å². The van der Waals surface area contributed by atoms with E-state index in [1.807, 2.05) is 12.1 Å². The van der Waals surface area contributed by atoms with Crippen LogP contribution in [0.25, 0.3) is 0 Å². The number of rotatable bonds is 6.